The number of nitrogens with zero attached hydrogens (tertiary/aromatic N) is 2. The number of carbonyl (C=O) groups is 1. The molecule has 1 fully saturated rings. The summed E-state index contributed by atoms with van der Waals surface area (Å²) < 4.78 is 12.9. The molecule has 1 heterocycles. The topological polar surface area (TPSA) is 35.6 Å². The first-order chi connectivity index (χ1) is 11.1. The van der Waals surface area contributed by atoms with Crippen LogP contribution >= 0.6 is 0 Å². The average Bonchev–Trinajstić information content (AvgIpc) is 2.57. The Morgan fingerprint density at radius 3 is 2.48 bits per heavy atom. The Kier molecular flexibility index (Phi) is 6.84. The summed E-state index contributed by atoms with van der Waals surface area (Å²) in [5.74, 6) is -0.180. The van der Waals surface area contributed by atoms with Crippen LogP contribution in [0.3, 0.4) is 0 Å². The molecule has 128 valence electrons. The molecule has 0 aliphatic carbocycles. The smallest absolute Gasteiger partial charge is 0.317 e. The third kappa shape index (κ3) is 5.82. The van der Waals surface area contributed by atoms with Crippen molar-refractivity contribution in [1.82, 2.24) is 15.1 Å². The molecule has 4 nitrogen and oxygen atoms in total. The van der Waals surface area contributed by atoms with Crippen molar-refractivity contribution in [2.45, 2.75) is 39.2 Å². The molecule has 1 unspecified atom stereocenters. The van der Waals surface area contributed by atoms with Crippen LogP contribution < -0.4 is 5.32 Å². The molecule has 0 radical (unpaired) electrons. The SMILES string of the molecule is CCC(C)NC(=O)N1CCN(CCCc2ccc(F)cc2)CC1. The van der Waals surface area contributed by atoms with Crippen molar-refractivity contribution >= 4 is 6.03 Å². The van der Waals surface area contributed by atoms with Crippen LogP contribution in [0.4, 0.5) is 9.18 Å². The lowest BCUT2D eigenvalue weighted by molar-refractivity contribution is 0.136. The third-order valence-corrected chi connectivity index (χ3v) is 4.49. The van der Waals surface area contributed by atoms with Gasteiger partial charge in [-0.3, -0.25) is 4.90 Å². The van der Waals surface area contributed by atoms with Crippen molar-refractivity contribution in [3.05, 3.63) is 35.6 Å². The minimum atomic E-state index is -0.180. The average molecular weight is 321 g/mol. The molecule has 1 aliphatic rings. The standard InChI is InChI=1S/C18H28FN3O/c1-3-15(2)20-18(23)22-13-11-21(12-14-22)10-4-5-16-6-8-17(19)9-7-16/h6-9,15H,3-5,10-14H2,1-2H3,(H,20,23). The fraction of sp³-hybridized carbons (Fsp3) is 0.611. The minimum absolute atomic E-state index is 0.0605. The highest BCUT2D eigenvalue weighted by atomic mass is 19.1. The van der Waals surface area contributed by atoms with Gasteiger partial charge in [0.05, 0.1) is 0 Å². The number of nitrogens with one attached hydrogen (secondary N) is 1. The normalized spacial score (nSPS) is 17.1. The second kappa shape index (κ2) is 8.87. The van der Waals surface area contributed by atoms with E-state index in [2.05, 4.69) is 17.1 Å². The Labute approximate surface area is 138 Å². The van der Waals surface area contributed by atoms with E-state index in [1.807, 2.05) is 24.0 Å². The number of urea groups is 1. The van der Waals surface area contributed by atoms with E-state index in [-0.39, 0.29) is 17.9 Å². The fourth-order valence-electron chi connectivity index (χ4n) is 2.74. The highest BCUT2D eigenvalue weighted by Crippen LogP contribution is 2.08. The van der Waals surface area contributed by atoms with Gasteiger partial charge in [0, 0.05) is 32.2 Å². The molecule has 0 aromatic heterocycles. The molecule has 0 bridgehead atoms. The van der Waals surface area contributed by atoms with E-state index in [9.17, 15) is 9.18 Å². The number of halogens is 1. The maximum atomic E-state index is 12.9. The summed E-state index contributed by atoms with van der Waals surface area (Å²) in [7, 11) is 0. The molecule has 2 rings (SSSR count). The summed E-state index contributed by atoms with van der Waals surface area (Å²) in [5, 5.41) is 3.02. The van der Waals surface area contributed by atoms with E-state index >= 15 is 0 Å². The van der Waals surface area contributed by atoms with Crippen molar-refractivity contribution in [2.24, 2.45) is 0 Å². The van der Waals surface area contributed by atoms with Crippen LogP contribution in [0.2, 0.25) is 0 Å². The second-order valence-corrected chi connectivity index (χ2v) is 6.32. The molecule has 0 spiro atoms. The van der Waals surface area contributed by atoms with Gasteiger partial charge in [-0.2, -0.15) is 0 Å². The Balaban J connectivity index is 1.64. The molecule has 0 saturated carbocycles. The molecular formula is C18H28FN3O. The van der Waals surface area contributed by atoms with Gasteiger partial charge < -0.3 is 10.2 Å². The quantitative estimate of drug-likeness (QED) is 0.874. The van der Waals surface area contributed by atoms with Crippen LogP contribution in [0.5, 0.6) is 0 Å². The van der Waals surface area contributed by atoms with Gasteiger partial charge in [0.2, 0.25) is 0 Å². The zero-order chi connectivity index (χ0) is 16.7. The molecule has 1 aromatic rings. The molecule has 1 aliphatic heterocycles. The Hall–Kier alpha value is -1.62. The molecule has 5 heteroatoms. The van der Waals surface area contributed by atoms with Crippen molar-refractivity contribution in [3.63, 3.8) is 0 Å². The molecule has 1 aromatic carbocycles. The summed E-state index contributed by atoms with van der Waals surface area (Å²) in [6, 6.07) is 7.04. The van der Waals surface area contributed by atoms with E-state index in [1.165, 1.54) is 17.7 Å². The fourth-order valence-corrected chi connectivity index (χ4v) is 2.74. The van der Waals surface area contributed by atoms with Crippen LogP contribution in [0.15, 0.2) is 24.3 Å². The highest BCUT2D eigenvalue weighted by Gasteiger charge is 2.21. The second-order valence-electron chi connectivity index (χ2n) is 6.32. The van der Waals surface area contributed by atoms with Crippen molar-refractivity contribution in [3.8, 4) is 0 Å². The van der Waals surface area contributed by atoms with Gasteiger partial charge >= 0.3 is 6.03 Å². The highest BCUT2D eigenvalue weighted by molar-refractivity contribution is 5.74. The summed E-state index contributed by atoms with van der Waals surface area (Å²) >= 11 is 0. The molecule has 1 saturated heterocycles. The maximum Gasteiger partial charge on any atom is 0.317 e. The van der Waals surface area contributed by atoms with Gasteiger partial charge in [0.25, 0.3) is 0 Å². The summed E-state index contributed by atoms with van der Waals surface area (Å²) in [5.41, 5.74) is 1.18. The zero-order valence-corrected chi connectivity index (χ0v) is 14.2. The monoisotopic (exact) mass is 321 g/mol. The minimum Gasteiger partial charge on any atom is -0.336 e. The van der Waals surface area contributed by atoms with Gasteiger partial charge in [-0.05, 0) is 50.4 Å². The van der Waals surface area contributed by atoms with Gasteiger partial charge in [0.15, 0.2) is 0 Å². The van der Waals surface area contributed by atoms with E-state index in [1.54, 1.807) is 0 Å². The molecule has 2 amide bonds. The van der Waals surface area contributed by atoms with Gasteiger partial charge in [-0.25, -0.2) is 9.18 Å². The molecular weight excluding hydrogens is 293 g/mol. The molecule has 1 N–H and O–H groups in total. The molecule has 1 atom stereocenters. The van der Waals surface area contributed by atoms with Crippen molar-refractivity contribution < 1.29 is 9.18 Å². The number of amides is 2. The number of hydrogen-bond acceptors (Lipinski definition) is 2. The number of aryl methyl sites for hydroxylation is 1. The number of benzene rings is 1. The van der Waals surface area contributed by atoms with E-state index in [4.69, 9.17) is 0 Å². The number of carbonyl (C=O) groups excluding carboxylic acids is 1. The van der Waals surface area contributed by atoms with Gasteiger partial charge in [0.1, 0.15) is 5.82 Å². The van der Waals surface area contributed by atoms with Crippen molar-refractivity contribution in [1.29, 1.82) is 0 Å². The number of hydrogen-bond donors (Lipinski definition) is 1. The van der Waals surface area contributed by atoms with E-state index < -0.39 is 0 Å². The van der Waals surface area contributed by atoms with E-state index in [0.29, 0.717) is 0 Å². The lowest BCUT2D eigenvalue weighted by Gasteiger charge is -2.35. The Morgan fingerprint density at radius 1 is 1.22 bits per heavy atom. The van der Waals surface area contributed by atoms with Crippen LogP contribution in [-0.2, 0) is 6.42 Å². The number of rotatable bonds is 6. The lowest BCUT2D eigenvalue weighted by Crippen LogP contribution is -2.53. The first-order valence-electron chi connectivity index (χ1n) is 8.60. The van der Waals surface area contributed by atoms with Crippen LogP contribution in [0, 0.1) is 5.82 Å². The van der Waals surface area contributed by atoms with Crippen LogP contribution in [0.1, 0.15) is 32.3 Å². The van der Waals surface area contributed by atoms with Gasteiger partial charge in [-0.1, -0.05) is 19.1 Å². The first-order valence-corrected chi connectivity index (χ1v) is 8.60. The lowest BCUT2D eigenvalue weighted by atomic mass is 10.1. The predicted octanol–water partition coefficient (Wildman–Crippen LogP) is 2.88. The van der Waals surface area contributed by atoms with Crippen LogP contribution in [0.25, 0.3) is 0 Å². The van der Waals surface area contributed by atoms with Crippen molar-refractivity contribution in [2.75, 3.05) is 32.7 Å². The Morgan fingerprint density at radius 2 is 1.87 bits per heavy atom. The summed E-state index contributed by atoms with van der Waals surface area (Å²) in [4.78, 5) is 16.4. The zero-order valence-electron chi connectivity index (χ0n) is 14.2. The largest absolute Gasteiger partial charge is 0.336 e. The molecule has 23 heavy (non-hydrogen) atoms. The van der Waals surface area contributed by atoms with Crippen LogP contribution in [-0.4, -0.2) is 54.6 Å². The summed E-state index contributed by atoms with van der Waals surface area (Å²) in [6.07, 6.45) is 2.98. The predicted molar refractivity (Wildman–Crippen MR) is 91.0 cm³/mol. The third-order valence-electron chi connectivity index (χ3n) is 4.49. The maximum absolute atomic E-state index is 12.9. The van der Waals surface area contributed by atoms with E-state index in [0.717, 1.165) is 52.0 Å². The van der Waals surface area contributed by atoms with Gasteiger partial charge in [-0.15, -0.1) is 0 Å². The first kappa shape index (κ1) is 17.7. The number of piperazine rings is 1. The summed E-state index contributed by atoms with van der Waals surface area (Å²) in [6.45, 7) is 8.57. The Bertz CT molecular complexity index is 484.